The molecular formula is C10H12BrClN2O2S. The predicted octanol–water partition coefficient (Wildman–Crippen LogP) is 1.74. The molecule has 17 heavy (non-hydrogen) atoms. The first-order valence-corrected chi connectivity index (χ1v) is 7.82. The number of halogens is 2. The second-order valence-electron chi connectivity index (χ2n) is 3.89. The molecule has 2 rings (SSSR count). The summed E-state index contributed by atoms with van der Waals surface area (Å²) in [6, 6.07) is 4.67. The Hall–Kier alpha value is -0.140. The molecule has 0 amide bonds. The van der Waals surface area contributed by atoms with Gasteiger partial charge in [0.05, 0.1) is 5.02 Å². The summed E-state index contributed by atoms with van der Waals surface area (Å²) in [5.74, 6) is 0. The van der Waals surface area contributed by atoms with Crippen molar-refractivity contribution in [1.29, 1.82) is 0 Å². The molecule has 94 valence electrons. The van der Waals surface area contributed by atoms with Crippen LogP contribution in [0, 0.1) is 0 Å². The van der Waals surface area contributed by atoms with Gasteiger partial charge in [-0.3, -0.25) is 0 Å². The van der Waals surface area contributed by atoms with E-state index < -0.39 is 10.0 Å². The summed E-state index contributed by atoms with van der Waals surface area (Å²) in [6.45, 7) is 1.49. The molecule has 1 heterocycles. The van der Waals surface area contributed by atoms with Crippen molar-refractivity contribution in [2.24, 2.45) is 0 Å². The van der Waals surface area contributed by atoms with Crippen molar-refractivity contribution in [3.05, 3.63) is 27.7 Å². The van der Waals surface area contributed by atoms with Gasteiger partial charge in [-0.1, -0.05) is 27.5 Å². The third-order valence-corrected chi connectivity index (χ3v) is 5.06. The molecule has 1 aliphatic rings. The van der Waals surface area contributed by atoms with Crippen molar-refractivity contribution in [2.75, 3.05) is 13.1 Å². The van der Waals surface area contributed by atoms with Gasteiger partial charge in [-0.05, 0) is 31.2 Å². The van der Waals surface area contributed by atoms with Gasteiger partial charge in [0.2, 0.25) is 10.0 Å². The molecule has 0 spiro atoms. The van der Waals surface area contributed by atoms with Crippen LogP contribution in [-0.4, -0.2) is 27.5 Å². The van der Waals surface area contributed by atoms with Crippen molar-refractivity contribution in [1.82, 2.24) is 10.0 Å². The smallest absolute Gasteiger partial charge is 0.242 e. The highest BCUT2D eigenvalue weighted by Gasteiger charge is 2.24. The van der Waals surface area contributed by atoms with Gasteiger partial charge in [0.25, 0.3) is 0 Å². The maximum absolute atomic E-state index is 12.1. The third kappa shape index (κ3) is 3.20. The average Bonchev–Trinajstić information content (AvgIpc) is 2.68. The molecule has 0 radical (unpaired) electrons. The van der Waals surface area contributed by atoms with Gasteiger partial charge in [0.1, 0.15) is 4.90 Å². The van der Waals surface area contributed by atoms with E-state index in [2.05, 4.69) is 26.0 Å². The molecule has 1 aliphatic heterocycles. The van der Waals surface area contributed by atoms with E-state index in [-0.39, 0.29) is 16.0 Å². The number of rotatable bonds is 3. The fourth-order valence-corrected chi connectivity index (χ4v) is 4.04. The number of hydrogen-bond acceptors (Lipinski definition) is 3. The molecule has 0 aromatic heterocycles. The number of nitrogens with one attached hydrogen (secondary N) is 2. The molecule has 4 nitrogen and oxygen atoms in total. The summed E-state index contributed by atoms with van der Waals surface area (Å²) >= 11 is 9.18. The van der Waals surface area contributed by atoms with Gasteiger partial charge >= 0.3 is 0 Å². The lowest BCUT2D eigenvalue weighted by Crippen LogP contribution is -2.36. The molecule has 0 unspecified atom stereocenters. The lowest BCUT2D eigenvalue weighted by molar-refractivity contribution is 0.560. The summed E-state index contributed by atoms with van der Waals surface area (Å²) in [7, 11) is -3.53. The summed E-state index contributed by atoms with van der Waals surface area (Å²) in [4.78, 5) is 0.120. The van der Waals surface area contributed by atoms with E-state index in [0.717, 1.165) is 17.4 Å². The summed E-state index contributed by atoms with van der Waals surface area (Å²) in [5.41, 5.74) is 0. The van der Waals surface area contributed by atoms with Gasteiger partial charge in [-0.15, -0.1) is 0 Å². The van der Waals surface area contributed by atoms with E-state index in [1.165, 1.54) is 6.07 Å². The van der Waals surface area contributed by atoms with Crippen molar-refractivity contribution in [2.45, 2.75) is 17.4 Å². The molecule has 1 atom stereocenters. The Labute approximate surface area is 114 Å². The Kier molecular flexibility index (Phi) is 4.10. The molecule has 7 heteroatoms. The van der Waals surface area contributed by atoms with E-state index in [4.69, 9.17) is 11.6 Å². The lowest BCUT2D eigenvalue weighted by atomic mass is 10.3. The quantitative estimate of drug-likeness (QED) is 0.882. The van der Waals surface area contributed by atoms with Crippen LogP contribution >= 0.6 is 27.5 Å². The fourth-order valence-electron chi connectivity index (χ4n) is 1.73. The second kappa shape index (κ2) is 5.24. The standard InChI is InChI=1S/C10H12BrClN2O2S/c11-7-1-2-10(9(12)5-7)17(15,16)14-8-3-4-13-6-8/h1-2,5,8,13-14H,3-4,6H2/t8-/m0/s1. The highest BCUT2D eigenvalue weighted by atomic mass is 79.9. The van der Waals surface area contributed by atoms with Crippen molar-refractivity contribution < 1.29 is 8.42 Å². The van der Waals surface area contributed by atoms with Crippen LogP contribution in [0.5, 0.6) is 0 Å². The van der Waals surface area contributed by atoms with Crippen LogP contribution in [-0.2, 0) is 10.0 Å². The molecule has 0 aliphatic carbocycles. The zero-order valence-electron chi connectivity index (χ0n) is 8.91. The Morgan fingerprint density at radius 1 is 1.47 bits per heavy atom. The second-order valence-corrected chi connectivity index (χ2v) is 6.89. The monoisotopic (exact) mass is 338 g/mol. The van der Waals surface area contributed by atoms with Crippen LogP contribution in [0.2, 0.25) is 5.02 Å². The Bertz CT molecular complexity index is 515. The minimum atomic E-state index is -3.53. The number of benzene rings is 1. The minimum Gasteiger partial charge on any atom is -0.315 e. The Morgan fingerprint density at radius 2 is 2.24 bits per heavy atom. The fraction of sp³-hybridized carbons (Fsp3) is 0.400. The first kappa shape index (κ1) is 13.3. The molecule has 1 fully saturated rings. The van der Waals surface area contributed by atoms with Crippen LogP contribution in [0.4, 0.5) is 0 Å². The summed E-state index contributed by atoms with van der Waals surface area (Å²) in [5, 5.41) is 3.32. The largest absolute Gasteiger partial charge is 0.315 e. The Balaban J connectivity index is 2.24. The normalized spacial score (nSPS) is 20.7. The predicted molar refractivity (Wildman–Crippen MR) is 70.7 cm³/mol. The SMILES string of the molecule is O=S(=O)(N[C@H]1CCNC1)c1ccc(Br)cc1Cl. The van der Waals surface area contributed by atoms with E-state index in [9.17, 15) is 8.42 Å². The van der Waals surface area contributed by atoms with Crippen LogP contribution in [0.3, 0.4) is 0 Å². The van der Waals surface area contributed by atoms with Crippen LogP contribution < -0.4 is 10.0 Å². The molecule has 2 N–H and O–H groups in total. The molecular weight excluding hydrogens is 328 g/mol. The Morgan fingerprint density at radius 3 is 2.82 bits per heavy atom. The van der Waals surface area contributed by atoms with E-state index in [1.54, 1.807) is 12.1 Å². The van der Waals surface area contributed by atoms with E-state index >= 15 is 0 Å². The number of sulfonamides is 1. The maximum Gasteiger partial charge on any atom is 0.242 e. The maximum atomic E-state index is 12.1. The zero-order chi connectivity index (χ0) is 12.5. The third-order valence-electron chi connectivity index (χ3n) is 2.57. The van der Waals surface area contributed by atoms with Crippen molar-refractivity contribution >= 4 is 37.6 Å². The van der Waals surface area contributed by atoms with Crippen molar-refractivity contribution in [3.63, 3.8) is 0 Å². The molecule has 0 saturated carbocycles. The first-order valence-electron chi connectivity index (χ1n) is 5.17. The average molecular weight is 340 g/mol. The molecule has 1 aromatic carbocycles. The highest BCUT2D eigenvalue weighted by molar-refractivity contribution is 9.10. The van der Waals surface area contributed by atoms with Crippen LogP contribution in [0.25, 0.3) is 0 Å². The topological polar surface area (TPSA) is 58.2 Å². The first-order chi connectivity index (χ1) is 7.99. The van der Waals surface area contributed by atoms with Crippen LogP contribution in [0.15, 0.2) is 27.6 Å². The zero-order valence-corrected chi connectivity index (χ0v) is 12.1. The van der Waals surface area contributed by atoms with Gasteiger partial charge in [-0.25, -0.2) is 13.1 Å². The minimum absolute atomic E-state index is 0.0558. The molecule has 1 saturated heterocycles. The van der Waals surface area contributed by atoms with E-state index in [1.807, 2.05) is 0 Å². The van der Waals surface area contributed by atoms with Crippen LogP contribution in [0.1, 0.15) is 6.42 Å². The summed E-state index contributed by atoms with van der Waals surface area (Å²) in [6.07, 6.45) is 0.799. The molecule has 0 bridgehead atoms. The highest BCUT2D eigenvalue weighted by Crippen LogP contribution is 2.25. The summed E-state index contributed by atoms with van der Waals surface area (Å²) < 4.78 is 27.6. The van der Waals surface area contributed by atoms with Gasteiger partial charge < -0.3 is 5.32 Å². The van der Waals surface area contributed by atoms with Gasteiger partial charge in [-0.2, -0.15) is 0 Å². The molecule has 1 aromatic rings. The van der Waals surface area contributed by atoms with E-state index in [0.29, 0.717) is 6.54 Å². The number of hydrogen-bond donors (Lipinski definition) is 2. The van der Waals surface area contributed by atoms with Gasteiger partial charge in [0.15, 0.2) is 0 Å². The van der Waals surface area contributed by atoms with Crippen molar-refractivity contribution in [3.8, 4) is 0 Å². The van der Waals surface area contributed by atoms with Gasteiger partial charge in [0, 0.05) is 17.1 Å². The lowest BCUT2D eigenvalue weighted by Gasteiger charge is -2.13.